The first-order valence-corrected chi connectivity index (χ1v) is 12.5. The van der Waals surface area contributed by atoms with E-state index in [1.807, 2.05) is 54.7 Å². The Bertz CT molecular complexity index is 1440. The SMILES string of the molecule is COc1ccc(CC2(I)N=NN=C2c2ccnc(-c3c[nH]c(Cc4cccc(Cl)c4Cl)n3)c2)cc1. The van der Waals surface area contributed by atoms with Gasteiger partial charge >= 0.3 is 0 Å². The summed E-state index contributed by atoms with van der Waals surface area (Å²) in [6, 6.07) is 17.4. The minimum Gasteiger partial charge on any atom is -0.497 e. The van der Waals surface area contributed by atoms with E-state index in [1.165, 1.54) is 0 Å². The summed E-state index contributed by atoms with van der Waals surface area (Å²) in [6.07, 6.45) is 4.75. The number of benzene rings is 2. The predicted molar refractivity (Wildman–Crippen MR) is 146 cm³/mol. The van der Waals surface area contributed by atoms with Gasteiger partial charge in [-0.1, -0.05) is 47.5 Å². The smallest absolute Gasteiger partial charge is 0.182 e. The van der Waals surface area contributed by atoms with Crippen LogP contribution in [0.25, 0.3) is 11.4 Å². The fraction of sp³-hybridized carbons (Fsp3) is 0.160. The van der Waals surface area contributed by atoms with Gasteiger partial charge in [0, 0.05) is 30.8 Å². The maximum absolute atomic E-state index is 6.34. The molecule has 0 radical (unpaired) electrons. The van der Waals surface area contributed by atoms with Gasteiger partial charge in [0.2, 0.25) is 0 Å². The Kier molecular flexibility index (Phi) is 6.86. The number of imidazole rings is 1. The number of nitrogens with zero attached hydrogens (tertiary/aromatic N) is 5. The summed E-state index contributed by atoms with van der Waals surface area (Å²) in [4.78, 5) is 12.5. The quantitative estimate of drug-likeness (QED) is 0.139. The highest BCUT2D eigenvalue weighted by Crippen LogP contribution is 2.36. The van der Waals surface area contributed by atoms with Crippen molar-refractivity contribution in [3.05, 3.63) is 99.6 Å². The molecular formula is C25H19Cl2IN6O. The fourth-order valence-electron chi connectivity index (χ4n) is 3.84. The van der Waals surface area contributed by atoms with Crippen LogP contribution in [-0.4, -0.2) is 31.3 Å². The van der Waals surface area contributed by atoms with E-state index in [0.717, 1.165) is 45.4 Å². The minimum atomic E-state index is -0.620. The lowest BCUT2D eigenvalue weighted by molar-refractivity contribution is 0.414. The number of hydrogen-bond acceptors (Lipinski definition) is 6. The Morgan fingerprint density at radius 1 is 1.06 bits per heavy atom. The van der Waals surface area contributed by atoms with Gasteiger partial charge in [-0.25, -0.2) is 4.98 Å². The second-order valence-electron chi connectivity index (χ2n) is 7.97. The second kappa shape index (κ2) is 10.0. The summed E-state index contributed by atoms with van der Waals surface area (Å²) in [5.74, 6) is 1.58. The molecule has 7 nitrogen and oxygen atoms in total. The van der Waals surface area contributed by atoms with E-state index >= 15 is 0 Å². The van der Waals surface area contributed by atoms with Crippen molar-refractivity contribution in [2.24, 2.45) is 15.4 Å². The molecule has 2 aromatic carbocycles. The third-order valence-corrected chi connectivity index (χ3v) is 7.59. The number of rotatable bonds is 7. The van der Waals surface area contributed by atoms with Crippen molar-refractivity contribution in [2.75, 3.05) is 7.11 Å². The van der Waals surface area contributed by atoms with Gasteiger partial charge in [0.1, 0.15) is 23.0 Å². The van der Waals surface area contributed by atoms with Gasteiger partial charge < -0.3 is 9.72 Å². The zero-order valence-electron chi connectivity index (χ0n) is 18.5. The summed E-state index contributed by atoms with van der Waals surface area (Å²) < 4.78 is 4.64. The predicted octanol–water partition coefficient (Wildman–Crippen LogP) is 6.92. The first-order chi connectivity index (χ1) is 16.9. The molecule has 1 N–H and O–H groups in total. The van der Waals surface area contributed by atoms with Crippen molar-refractivity contribution in [2.45, 2.75) is 16.4 Å². The van der Waals surface area contributed by atoms with Crippen molar-refractivity contribution in [1.29, 1.82) is 0 Å². The third-order valence-electron chi connectivity index (χ3n) is 5.62. The van der Waals surface area contributed by atoms with Crippen LogP contribution in [0.3, 0.4) is 0 Å². The van der Waals surface area contributed by atoms with Gasteiger partial charge in [0.15, 0.2) is 3.55 Å². The first kappa shape index (κ1) is 23.9. The number of pyridine rings is 1. The van der Waals surface area contributed by atoms with Crippen LogP contribution in [0.2, 0.25) is 10.0 Å². The molecule has 1 atom stereocenters. The van der Waals surface area contributed by atoms with Gasteiger partial charge in [-0.15, -0.1) is 10.2 Å². The number of alkyl halides is 1. The monoisotopic (exact) mass is 616 g/mol. The van der Waals surface area contributed by atoms with E-state index in [9.17, 15) is 0 Å². The topological polar surface area (TPSA) is 87.9 Å². The first-order valence-electron chi connectivity index (χ1n) is 10.7. The highest BCUT2D eigenvalue weighted by Gasteiger charge is 2.38. The Morgan fingerprint density at radius 3 is 2.69 bits per heavy atom. The number of hydrogen-bond donors (Lipinski definition) is 1. The molecule has 0 saturated carbocycles. The standard InChI is InChI=1S/C25H19Cl2IN6O/c1-35-18-7-5-15(6-8-18)13-25(28)24(32-34-33-25)17-9-10-29-20(11-17)21-14-30-22(31-21)12-16-3-2-4-19(26)23(16)27/h2-11,14H,12-13H2,1H3,(H,30,31). The summed E-state index contributed by atoms with van der Waals surface area (Å²) in [5, 5.41) is 13.9. The number of halogens is 3. The van der Waals surface area contributed by atoms with Gasteiger partial charge in [0.25, 0.3) is 0 Å². The normalized spacial score (nSPS) is 17.0. The molecule has 0 amide bonds. The molecule has 1 aliphatic heterocycles. The van der Waals surface area contributed by atoms with Gasteiger partial charge in [-0.05, 0) is 69.3 Å². The molecule has 176 valence electrons. The van der Waals surface area contributed by atoms with Gasteiger partial charge in [0.05, 0.1) is 22.8 Å². The van der Waals surface area contributed by atoms with E-state index < -0.39 is 3.55 Å². The molecule has 0 fully saturated rings. The van der Waals surface area contributed by atoms with Crippen LogP contribution in [0.15, 0.2) is 82.4 Å². The summed E-state index contributed by atoms with van der Waals surface area (Å²) in [6.45, 7) is 0. The van der Waals surface area contributed by atoms with E-state index in [4.69, 9.17) is 32.9 Å². The molecule has 10 heteroatoms. The van der Waals surface area contributed by atoms with E-state index in [-0.39, 0.29) is 0 Å². The van der Waals surface area contributed by atoms with Gasteiger partial charge in [-0.3, -0.25) is 4.98 Å². The van der Waals surface area contributed by atoms with E-state index in [2.05, 4.69) is 48.0 Å². The molecule has 0 aliphatic carbocycles. The number of ether oxygens (including phenoxy) is 1. The van der Waals surface area contributed by atoms with Crippen molar-refractivity contribution >= 4 is 51.5 Å². The zero-order valence-corrected chi connectivity index (χ0v) is 22.2. The number of aromatic amines is 1. The van der Waals surface area contributed by atoms with Crippen molar-refractivity contribution in [3.63, 3.8) is 0 Å². The molecule has 3 heterocycles. The Balaban J connectivity index is 1.37. The van der Waals surface area contributed by atoms with Crippen LogP contribution >= 0.6 is 45.8 Å². The molecule has 4 aromatic rings. The van der Waals surface area contributed by atoms with Gasteiger partial charge in [-0.2, -0.15) is 0 Å². The highest BCUT2D eigenvalue weighted by molar-refractivity contribution is 14.1. The summed E-state index contributed by atoms with van der Waals surface area (Å²) in [7, 11) is 1.65. The van der Waals surface area contributed by atoms with Crippen LogP contribution < -0.4 is 4.74 Å². The number of nitrogens with one attached hydrogen (secondary N) is 1. The molecule has 0 bridgehead atoms. The summed E-state index contributed by atoms with van der Waals surface area (Å²) >= 11 is 14.8. The largest absolute Gasteiger partial charge is 0.497 e. The molecule has 1 aliphatic rings. The molecule has 0 spiro atoms. The number of aromatic nitrogens is 3. The molecule has 2 aromatic heterocycles. The number of H-pyrrole nitrogens is 1. The molecule has 35 heavy (non-hydrogen) atoms. The summed E-state index contributed by atoms with van der Waals surface area (Å²) in [5.41, 5.74) is 5.13. The van der Waals surface area contributed by atoms with Crippen LogP contribution in [0.4, 0.5) is 0 Å². The van der Waals surface area contributed by atoms with Crippen LogP contribution in [0.5, 0.6) is 5.75 Å². The maximum Gasteiger partial charge on any atom is 0.182 e. The second-order valence-corrected chi connectivity index (χ2v) is 10.5. The fourth-order valence-corrected chi connectivity index (χ4v) is 5.18. The number of methoxy groups -OCH3 is 1. The van der Waals surface area contributed by atoms with E-state index in [0.29, 0.717) is 22.9 Å². The van der Waals surface area contributed by atoms with Crippen LogP contribution in [-0.2, 0) is 12.8 Å². The molecule has 5 rings (SSSR count). The molecular weight excluding hydrogens is 598 g/mol. The Hall–Kier alpha value is -2.82. The van der Waals surface area contributed by atoms with E-state index in [1.54, 1.807) is 19.4 Å². The van der Waals surface area contributed by atoms with Crippen LogP contribution in [0, 0.1) is 0 Å². The molecule has 0 saturated heterocycles. The zero-order chi connectivity index (χ0) is 24.4. The average Bonchev–Trinajstić information content (AvgIpc) is 3.49. The lowest BCUT2D eigenvalue weighted by Gasteiger charge is -2.20. The lowest BCUT2D eigenvalue weighted by atomic mass is 9.97. The van der Waals surface area contributed by atoms with Crippen molar-refractivity contribution in [1.82, 2.24) is 15.0 Å². The highest BCUT2D eigenvalue weighted by atomic mass is 127. The van der Waals surface area contributed by atoms with Crippen LogP contribution in [0.1, 0.15) is 22.5 Å². The Labute approximate surface area is 225 Å². The maximum atomic E-state index is 6.34. The third kappa shape index (κ3) is 5.10. The Morgan fingerprint density at radius 2 is 1.89 bits per heavy atom. The lowest BCUT2D eigenvalue weighted by Crippen LogP contribution is -2.30. The van der Waals surface area contributed by atoms with Crippen molar-refractivity contribution in [3.8, 4) is 17.1 Å². The van der Waals surface area contributed by atoms with Crippen molar-refractivity contribution < 1.29 is 4.74 Å². The molecule has 1 unspecified atom stereocenters. The minimum absolute atomic E-state index is 0.524. The average molecular weight is 617 g/mol.